The lowest BCUT2D eigenvalue weighted by molar-refractivity contribution is 0.174. The van der Waals surface area contributed by atoms with Gasteiger partial charge in [-0.15, -0.1) is 24.0 Å². The van der Waals surface area contributed by atoms with Gasteiger partial charge >= 0.3 is 0 Å². The smallest absolute Gasteiger partial charge is 0.231 e. The van der Waals surface area contributed by atoms with E-state index < -0.39 is 6.10 Å². The fourth-order valence-corrected chi connectivity index (χ4v) is 2.79. The van der Waals surface area contributed by atoms with E-state index in [4.69, 9.17) is 9.47 Å². The van der Waals surface area contributed by atoms with Crippen molar-refractivity contribution < 1.29 is 19.0 Å². The maximum absolute atomic E-state index is 13.3. The minimum Gasteiger partial charge on any atom is -0.454 e. The monoisotopic (exact) mass is 487 g/mol. The average molecular weight is 487 g/mol. The van der Waals surface area contributed by atoms with Crippen LogP contribution < -0.4 is 14.8 Å². The van der Waals surface area contributed by atoms with E-state index in [-0.39, 0.29) is 43.1 Å². The molecule has 0 bridgehead atoms. The first-order valence-corrected chi connectivity index (χ1v) is 8.30. The van der Waals surface area contributed by atoms with Crippen molar-refractivity contribution in [3.8, 4) is 11.5 Å². The number of benzene rings is 2. The first kappa shape index (κ1) is 21.2. The van der Waals surface area contributed by atoms with Crippen LogP contribution in [0.3, 0.4) is 0 Å². The molecule has 6 nitrogen and oxygen atoms in total. The summed E-state index contributed by atoms with van der Waals surface area (Å²) in [5.74, 6) is 1.74. The number of ether oxygens (including phenoxy) is 2. The molecule has 0 amide bonds. The number of aliphatic imine (C=N–C) groups is 1. The van der Waals surface area contributed by atoms with Gasteiger partial charge in [-0.1, -0.05) is 18.2 Å². The number of halogens is 2. The Hall–Kier alpha value is -2.07. The summed E-state index contributed by atoms with van der Waals surface area (Å²) in [6.45, 7) is 1.07. The van der Waals surface area contributed by atoms with Crippen molar-refractivity contribution in [2.24, 2.45) is 4.99 Å². The standard InChI is InChI=1S/C19H22FN3O3.HI/c1-21-19(22-10-16(24)14-4-3-5-15(20)9-14)23(2)11-13-6-7-17-18(8-13)26-12-25-17;/h3-9,16,24H,10-12H2,1-2H3,(H,21,22);1H. The van der Waals surface area contributed by atoms with Crippen molar-refractivity contribution in [1.29, 1.82) is 0 Å². The Balaban J connectivity index is 0.00000261. The summed E-state index contributed by atoms with van der Waals surface area (Å²) < 4.78 is 24.0. The van der Waals surface area contributed by atoms with Crippen molar-refractivity contribution in [1.82, 2.24) is 10.2 Å². The molecule has 0 saturated carbocycles. The zero-order valence-electron chi connectivity index (χ0n) is 15.2. The Bertz CT molecular complexity index is 804. The van der Waals surface area contributed by atoms with Crippen LogP contribution in [-0.4, -0.2) is 43.4 Å². The van der Waals surface area contributed by atoms with Gasteiger partial charge in [-0.05, 0) is 35.4 Å². The van der Waals surface area contributed by atoms with Crippen molar-refractivity contribution in [3.63, 3.8) is 0 Å². The molecule has 8 heteroatoms. The van der Waals surface area contributed by atoms with E-state index in [0.29, 0.717) is 18.1 Å². The van der Waals surface area contributed by atoms with Crippen LogP contribution in [0.15, 0.2) is 47.5 Å². The van der Waals surface area contributed by atoms with Crippen molar-refractivity contribution in [2.75, 3.05) is 27.4 Å². The molecule has 146 valence electrons. The average Bonchev–Trinajstić information content (AvgIpc) is 3.09. The summed E-state index contributed by atoms with van der Waals surface area (Å²) >= 11 is 0. The molecule has 0 fully saturated rings. The van der Waals surface area contributed by atoms with Crippen LogP contribution >= 0.6 is 24.0 Å². The third kappa shape index (κ3) is 5.46. The lowest BCUT2D eigenvalue weighted by Crippen LogP contribution is -2.40. The number of aliphatic hydroxyl groups is 1. The molecule has 2 aromatic carbocycles. The second-order valence-corrected chi connectivity index (χ2v) is 6.04. The number of hydrogen-bond acceptors (Lipinski definition) is 4. The van der Waals surface area contributed by atoms with Gasteiger partial charge in [0.05, 0.1) is 6.10 Å². The highest BCUT2D eigenvalue weighted by atomic mass is 127. The molecule has 0 radical (unpaired) electrons. The maximum atomic E-state index is 13.3. The molecule has 1 unspecified atom stereocenters. The molecular weight excluding hydrogens is 464 g/mol. The van der Waals surface area contributed by atoms with E-state index in [1.807, 2.05) is 30.1 Å². The lowest BCUT2D eigenvalue weighted by atomic mass is 10.1. The first-order chi connectivity index (χ1) is 12.6. The number of fused-ring (bicyclic) bond motifs is 1. The summed E-state index contributed by atoms with van der Waals surface area (Å²) in [5, 5.41) is 13.3. The molecule has 2 aromatic rings. The number of rotatable bonds is 5. The van der Waals surface area contributed by atoms with Gasteiger partial charge in [-0.2, -0.15) is 0 Å². The highest BCUT2D eigenvalue weighted by Crippen LogP contribution is 2.32. The highest BCUT2D eigenvalue weighted by Gasteiger charge is 2.15. The van der Waals surface area contributed by atoms with Gasteiger partial charge in [0.25, 0.3) is 0 Å². The van der Waals surface area contributed by atoms with Crippen LogP contribution in [0.4, 0.5) is 4.39 Å². The van der Waals surface area contributed by atoms with Gasteiger partial charge in [0.2, 0.25) is 6.79 Å². The number of aliphatic hydroxyl groups excluding tert-OH is 1. The summed E-state index contributed by atoms with van der Waals surface area (Å²) in [6.07, 6.45) is -0.832. The van der Waals surface area contributed by atoms with Crippen LogP contribution in [-0.2, 0) is 6.54 Å². The van der Waals surface area contributed by atoms with Crippen LogP contribution in [0.2, 0.25) is 0 Å². The summed E-state index contributed by atoms with van der Waals surface area (Å²) in [6, 6.07) is 11.7. The van der Waals surface area contributed by atoms with Gasteiger partial charge < -0.3 is 24.8 Å². The zero-order valence-corrected chi connectivity index (χ0v) is 17.5. The second kappa shape index (κ2) is 9.75. The van der Waals surface area contributed by atoms with Gasteiger partial charge in [0.15, 0.2) is 17.5 Å². The molecule has 1 atom stereocenters. The normalized spacial score (nSPS) is 13.7. The molecule has 0 aliphatic carbocycles. The van der Waals surface area contributed by atoms with Crippen LogP contribution in [0.5, 0.6) is 11.5 Å². The SMILES string of the molecule is CN=C(NCC(O)c1cccc(F)c1)N(C)Cc1ccc2c(c1)OCO2.I. The molecule has 0 spiro atoms. The van der Waals surface area contributed by atoms with Gasteiger partial charge in [-0.3, -0.25) is 4.99 Å². The number of guanidine groups is 1. The quantitative estimate of drug-likeness (QED) is 0.386. The molecule has 0 saturated heterocycles. The Morgan fingerprint density at radius 1 is 1.26 bits per heavy atom. The molecule has 0 aromatic heterocycles. The van der Waals surface area contributed by atoms with Crippen LogP contribution in [0.1, 0.15) is 17.2 Å². The van der Waals surface area contributed by atoms with Gasteiger partial charge in [0.1, 0.15) is 5.82 Å². The Morgan fingerprint density at radius 3 is 2.78 bits per heavy atom. The number of hydrogen-bond donors (Lipinski definition) is 2. The highest BCUT2D eigenvalue weighted by molar-refractivity contribution is 14.0. The van der Waals surface area contributed by atoms with Crippen molar-refractivity contribution >= 4 is 29.9 Å². The van der Waals surface area contributed by atoms with Gasteiger partial charge in [-0.25, -0.2) is 4.39 Å². The van der Waals surface area contributed by atoms with E-state index in [0.717, 1.165) is 17.1 Å². The predicted molar refractivity (Wildman–Crippen MR) is 112 cm³/mol. The molecule has 1 heterocycles. The number of nitrogens with zero attached hydrogens (tertiary/aromatic N) is 2. The Kier molecular flexibility index (Phi) is 7.66. The van der Waals surface area contributed by atoms with Crippen molar-refractivity contribution in [2.45, 2.75) is 12.6 Å². The molecule has 2 N–H and O–H groups in total. The lowest BCUT2D eigenvalue weighted by Gasteiger charge is -2.23. The first-order valence-electron chi connectivity index (χ1n) is 8.30. The molecule has 1 aliphatic rings. The summed E-state index contributed by atoms with van der Waals surface area (Å²) in [5.41, 5.74) is 1.57. The fraction of sp³-hybridized carbons (Fsp3) is 0.316. The van der Waals surface area contributed by atoms with E-state index >= 15 is 0 Å². The van der Waals surface area contributed by atoms with Crippen LogP contribution in [0.25, 0.3) is 0 Å². The van der Waals surface area contributed by atoms with E-state index in [9.17, 15) is 9.50 Å². The molecular formula is C19H23FIN3O3. The number of nitrogens with one attached hydrogen (secondary N) is 1. The predicted octanol–water partition coefficient (Wildman–Crippen LogP) is 2.91. The summed E-state index contributed by atoms with van der Waals surface area (Å²) in [7, 11) is 3.57. The molecule has 3 rings (SSSR count). The Morgan fingerprint density at radius 2 is 2.04 bits per heavy atom. The van der Waals surface area contributed by atoms with Crippen molar-refractivity contribution in [3.05, 3.63) is 59.4 Å². The second-order valence-electron chi connectivity index (χ2n) is 6.04. The minimum atomic E-state index is -0.832. The topological polar surface area (TPSA) is 66.3 Å². The minimum absolute atomic E-state index is 0. The molecule has 1 aliphatic heterocycles. The van der Waals surface area contributed by atoms with E-state index in [2.05, 4.69) is 10.3 Å². The Labute approximate surface area is 175 Å². The maximum Gasteiger partial charge on any atom is 0.231 e. The largest absolute Gasteiger partial charge is 0.454 e. The van der Waals surface area contributed by atoms with Gasteiger partial charge in [0, 0.05) is 27.2 Å². The summed E-state index contributed by atoms with van der Waals surface area (Å²) in [4.78, 5) is 6.16. The molecule has 27 heavy (non-hydrogen) atoms. The van der Waals surface area contributed by atoms with Crippen LogP contribution in [0, 0.1) is 5.82 Å². The fourth-order valence-electron chi connectivity index (χ4n) is 2.79. The zero-order chi connectivity index (χ0) is 18.5. The van der Waals surface area contributed by atoms with E-state index in [1.54, 1.807) is 19.2 Å². The third-order valence-electron chi connectivity index (χ3n) is 4.12. The van der Waals surface area contributed by atoms with E-state index in [1.165, 1.54) is 12.1 Å². The third-order valence-corrected chi connectivity index (χ3v) is 4.12.